The maximum atomic E-state index is 13.6. The molecule has 2 fully saturated rings. The number of halogens is 1. The van der Waals surface area contributed by atoms with Gasteiger partial charge in [-0.3, -0.25) is 14.5 Å². The fourth-order valence-electron chi connectivity index (χ4n) is 4.55. The summed E-state index contributed by atoms with van der Waals surface area (Å²) in [5.74, 6) is 5.08. The number of carbonyl (C=O) groups excluding carboxylic acids is 2. The third kappa shape index (κ3) is 4.24. The van der Waals surface area contributed by atoms with Gasteiger partial charge in [0, 0.05) is 23.6 Å². The first-order chi connectivity index (χ1) is 15.4. The van der Waals surface area contributed by atoms with E-state index in [-0.39, 0.29) is 48.5 Å². The largest absolute Gasteiger partial charge is 0.394 e. The number of hydrogen-bond acceptors (Lipinski definition) is 4. The molecule has 0 saturated carbocycles. The summed E-state index contributed by atoms with van der Waals surface area (Å²) in [6.45, 7) is 0.794. The van der Waals surface area contributed by atoms with Gasteiger partial charge in [0.1, 0.15) is 12.4 Å². The summed E-state index contributed by atoms with van der Waals surface area (Å²) in [5, 5.41) is 9.94. The van der Waals surface area contributed by atoms with Crippen molar-refractivity contribution in [3.8, 4) is 11.8 Å². The zero-order valence-corrected chi connectivity index (χ0v) is 18.2. The lowest BCUT2D eigenvalue weighted by Crippen LogP contribution is -2.73. The number of hydrogen-bond donors (Lipinski definition) is 1. The molecule has 7 heteroatoms. The number of aliphatic hydroxyl groups excluding tert-OH is 1. The van der Waals surface area contributed by atoms with Crippen molar-refractivity contribution in [2.45, 2.75) is 18.0 Å². The first-order valence-corrected chi connectivity index (χ1v) is 10.6. The van der Waals surface area contributed by atoms with Crippen molar-refractivity contribution in [1.82, 2.24) is 14.7 Å². The van der Waals surface area contributed by atoms with Crippen molar-refractivity contribution in [3.63, 3.8) is 0 Å². The molecule has 166 valence electrons. The number of nitrogens with zero attached hydrogens (tertiary/aromatic N) is 3. The van der Waals surface area contributed by atoms with Crippen LogP contribution in [0, 0.1) is 17.7 Å². The molecule has 0 unspecified atom stereocenters. The molecule has 3 atom stereocenters. The average Bonchev–Trinajstić information content (AvgIpc) is 2.75. The predicted molar refractivity (Wildman–Crippen MR) is 118 cm³/mol. The monoisotopic (exact) mass is 435 g/mol. The Morgan fingerprint density at radius 2 is 1.97 bits per heavy atom. The van der Waals surface area contributed by atoms with Gasteiger partial charge in [-0.15, -0.1) is 0 Å². The highest BCUT2D eigenvalue weighted by molar-refractivity contribution is 5.97. The Kier molecular flexibility index (Phi) is 6.26. The molecule has 2 heterocycles. The molecule has 4 rings (SSSR count). The van der Waals surface area contributed by atoms with Crippen LogP contribution in [-0.4, -0.2) is 84.0 Å². The Morgan fingerprint density at radius 3 is 2.62 bits per heavy atom. The first-order valence-electron chi connectivity index (χ1n) is 10.6. The summed E-state index contributed by atoms with van der Waals surface area (Å²) < 4.78 is 13.6. The van der Waals surface area contributed by atoms with Gasteiger partial charge in [-0.05, 0) is 50.0 Å². The van der Waals surface area contributed by atoms with Crippen LogP contribution in [0.1, 0.15) is 27.4 Å². The number of rotatable bonds is 4. The van der Waals surface area contributed by atoms with E-state index in [9.17, 15) is 19.1 Å². The van der Waals surface area contributed by atoms with Crippen molar-refractivity contribution in [1.29, 1.82) is 0 Å². The van der Waals surface area contributed by atoms with Crippen LogP contribution in [-0.2, 0) is 4.79 Å². The normalized spacial score (nSPS) is 22.2. The van der Waals surface area contributed by atoms with Gasteiger partial charge in [0.25, 0.3) is 5.91 Å². The van der Waals surface area contributed by atoms with Crippen molar-refractivity contribution in [3.05, 3.63) is 71.0 Å². The van der Waals surface area contributed by atoms with Gasteiger partial charge >= 0.3 is 0 Å². The zero-order chi connectivity index (χ0) is 22.8. The van der Waals surface area contributed by atoms with E-state index in [1.165, 1.54) is 23.1 Å². The van der Waals surface area contributed by atoms with Crippen molar-refractivity contribution < 1.29 is 19.1 Å². The van der Waals surface area contributed by atoms with Crippen LogP contribution in [0.25, 0.3) is 0 Å². The van der Waals surface area contributed by atoms with E-state index in [0.717, 1.165) is 11.1 Å². The molecule has 0 bridgehead atoms. The summed E-state index contributed by atoms with van der Waals surface area (Å²) in [4.78, 5) is 30.8. The second-order valence-corrected chi connectivity index (χ2v) is 8.50. The third-order valence-electron chi connectivity index (χ3n) is 6.03. The van der Waals surface area contributed by atoms with Crippen LogP contribution in [0.15, 0.2) is 48.5 Å². The molecule has 0 spiro atoms. The lowest BCUT2D eigenvalue weighted by molar-refractivity contribution is -0.159. The number of benzene rings is 2. The average molecular weight is 435 g/mol. The van der Waals surface area contributed by atoms with Crippen molar-refractivity contribution >= 4 is 11.8 Å². The van der Waals surface area contributed by atoms with Gasteiger partial charge < -0.3 is 14.9 Å². The Morgan fingerprint density at radius 1 is 1.22 bits per heavy atom. The summed E-state index contributed by atoms with van der Waals surface area (Å²) in [6.07, 6.45) is 0. The van der Waals surface area contributed by atoms with Gasteiger partial charge in [-0.1, -0.05) is 30.0 Å². The predicted octanol–water partition coefficient (Wildman–Crippen LogP) is 1.55. The van der Waals surface area contributed by atoms with E-state index < -0.39 is 5.82 Å². The molecule has 2 saturated heterocycles. The molecule has 2 aromatic rings. The highest BCUT2D eigenvalue weighted by Gasteiger charge is 2.54. The molecule has 1 N–H and O–H groups in total. The Labute approximate surface area is 187 Å². The minimum absolute atomic E-state index is 0.0739. The Bertz CT molecular complexity index is 1070. The fourth-order valence-corrected chi connectivity index (χ4v) is 4.55. The van der Waals surface area contributed by atoms with Crippen LogP contribution in [0.3, 0.4) is 0 Å². The van der Waals surface area contributed by atoms with Gasteiger partial charge in [0.05, 0.1) is 25.2 Å². The smallest absolute Gasteiger partial charge is 0.254 e. The molecule has 2 aliphatic rings. The van der Waals surface area contributed by atoms with Crippen molar-refractivity contribution in [2.24, 2.45) is 0 Å². The van der Waals surface area contributed by atoms with Gasteiger partial charge in [0.2, 0.25) is 5.91 Å². The molecule has 32 heavy (non-hydrogen) atoms. The van der Waals surface area contributed by atoms with E-state index in [4.69, 9.17) is 0 Å². The summed E-state index contributed by atoms with van der Waals surface area (Å²) in [7, 11) is 3.92. The lowest BCUT2D eigenvalue weighted by Gasteiger charge is -2.58. The number of piperazine rings is 1. The maximum absolute atomic E-state index is 13.6. The first kappa shape index (κ1) is 22.0. The van der Waals surface area contributed by atoms with Gasteiger partial charge in [-0.2, -0.15) is 0 Å². The molecule has 2 aromatic carbocycles. The second-order valence-electron chi connectivity index (χ2n) is 8.50. The summed E-state index contributed by atoms with van der Waals surface area (Å²) in [5.41, 5.74) is 2.12. The minimum atomic E-state index is -0.489. The molecule has 0 aromatic heterocycles. The van der Waals surface area contributed by atoms with E-state index in [1.54, 1.807) is 11.0 Å². The quantitative estimate of drug-likeness (QED) is 0.741. The zero-order valence-electron chi connectivity index (χ0n) is 18.2. The minimum Gasteiger partial charge on any atom is -0.394 e. The van der Waals surface area contributed by atoms with E-state index in [2.05, 4.69) is 11.8 Å². The lowest BCUT2D eigenvalue weighted by atomic mass is 9.73. The number of amides is 2. The molecule has 6 nitrogen and oxygen atoms in total. The Balaban J connectivity index is 1.53. The van der Waals surface area contributed by atoms with Crippen LogP contribution < -0.4 is 0 Å². The summed E-state index contributed by atoms with van der Waals surface area (Å²) >= 11 is 0. The van der Waals surface area contributed by atoms with Crippen LogP contribution in [0.5, 0.6) is 0 Å². The van der Waals surface area contributed by atoms with Gasteiger partial charge in [0.15, 0.2) is 0 Å². The number of carbonyl (C=O) groups is 2. The second kappa shape index (κ2) is 9.11. The molecular weight excluding hydrogens is 409 g/mol. The molecule has 0 radical (unpaired) electrons. The highest BCUT2D eigenvalue weighted by Crippen LogP contribution is 2.43. The Hall–Kier alpha value is -3.21. The molecule has 2 amide bonds. The van der Waals surface area contributed by atoms with E-state index in [1.807, 2.05) is 43.3 Å². The molecular formula is C25H26FN3O3. The third-order valence-corrected chi connectivity index (χ3v) is 6.03. The van der Waals surface area contributed by atoms with E-state index >= 15 is 0 Å². The standard InChI is InChI=1S/C25H26FN3O3/c1-27(2)12-4-5-17-8-10-18(11-9-17)24-21-14-28(15-23(31)29(21)22(24)16-30)25(32)19-6-3-7-20(26)13-19/h3,6-11,13,21-22,24,30H,12,14-16H2,1-2H3/t21-,22+,24+/m1/s1. The molecule has 0 aliphatic carbocycles. The topological polar surface area (TPSA) is 64.1 Å². The van der Waals surface area contributed by atoms with Crippen LogP contribution in [0.4, 0.5) is 4.39 Å². The highest BCUT2D eigenvalue weighted by atomic mass is 19.1. The maximum Gasteiger partial charge on any atom is 0.254 e. The summed E-state index contributed by atoms with van der Waals surface area (Å²) in [6, 6.07) is 12.8. The number of aliphatic hydroxyl groups is 1. The SMILES string of the molecule is CN(C)CC#Cc1ccc([C@H]2[C@H]3CN(C(=O)c4cccc(F)c4)CC(=O)N3[C@H]2CO)cc1. The fraction of sp³-hybridized carbons (Fsp3) is 0.360. The molecule has 2 aliphatic heterocycles. The van der Waals surface area contributed by atoms with Crippen LogP contribution in [0.2, 0.25) is 0 Å². The van der Waals surface area contributed by atoms with Gasteiger partial charge in [-0.25, -0.2) is 4.39 Å². The van der Waals surface area contributed by atoms with Crippen molar-refractivity contribution in [2.75, 3.05) is 40.3 Å². The van der Waals surface area contributed by atoms with E-state index in [0.29, 0.717) is 13.1 Å². The van der Waals surface area contributed by atoms with Crippen LogP contribution >= 0.6 is 0 Å². The number of fused-ring (bicyclic) bond motifs is 1.